The molecule has 3 rings (SSSR count). The molecule has 0 N–H and O–H groups in total. The van der Waals surface area contributed by atoms with Gasteiger partial charge in [-0.1, -0.05) is 0 Å². The minimum atomic E-state index is -0.479. The summed E-state index contributed by atoms with van der Waals surface area (Å²) >= 11 is 1.51. The van der Waals surface area contributed by atoms with Crippen LogP contribution in [-0.2, 0) is 9.59 Å². The molecule has 96 valence electrons. The molecular formula is C14H11NO3S. The average Bonchev–Trinajstić information content (AvgIpc) is 2.97. The Hall–Kier alpha value is -2.14. The number of nitrogens with zero attached hydrogens (tertiary/aromatic N) is 1. The summed E-state index contributed by atoms with van der Waals surface area (Å²) < 4.78 is 5.08. The molecule has 1 fully saturated rings. The predicted molar refractivity (Wildman–Crippen MR) is 72.5 cm³/mol. The summed E-state index contributed by atoms with van der Waals surface area (Å²) in [4.78, 5) is 25.0. The Morgan fingerprint density at radius 3 is 2.47 bits per heavy atom. The molecule has 1 unspecified atom stereocenters. The zero-order valence-electron chi connectivity index (χ0n) is 10.2. The fraction of sp³-hybridized carbons (Fsp3) is 0.143. The smallest absolute Gasteiger partial charge is 0.297 e. The molecule has 1 amide bonds. The number of benzene rings is 1. The van der Waals surface area contributed by atoms with Gasteiger partial charge in [-0.2, -0.15) is 11.3 Å². The van der Waals surface area contributed by atoms with E-state index in [4.69, 9.17) is 4.74 Å². The molecule has 1 atom stereocenters. The number of thiophene rings is 1. The fourth-order valence-electron chi connectivity index (χ4n) is 2.14. The van der Waals surface area contributed by atoms with Crippen LogP contribution in [0, 0.1) is 0 Å². The maximum Gasteiger partial charge on any atom is 0.297 e. The monoisotopic (exact) mass is 273 g/mol. The second kappa shape index (κ2) is 4.51. The van der Waals surface area contributed by atoms with E-state index >= 15 is 0 Å². The Morgan fingerprint density at radius 1 is 1.16 bits per heavy atom. The highest BCUT2D eigenvalue weighted by molar-refractivity contribution is 7.08. The summed E-state index contributed by atoms with van der Waals surface area (Å²) in [5.41, 5.74) is 1.58. The number of amides is 1. The first-order valence-corrected chi connectivity index (χ1v) is 6.70. The number of hydrogen-bond donors (Lipinski definition) is 0. The largest absolute Gasteiger partial charge is 0.497 e. The van der Waals surface area contributed by atoms with E-state index in [2.05, 4.69) is 0 Å². The lowest BCUT2D eigenvalue weighted by atomic mass is 9.93. The minimum Gasteiger partial charge on any atom is -0.497 e. The summed E-state index contributed by atoms with van der Waals surface area (Å²) in [5.74, 6) is -0.0919. The van der Waals surface area contributed by atoms with Crippen molar-refractivity contribution in [3.63, 3.8) is 0 Å². The standard InChI is InChI=1S/C14H11NO3S/c1-18-11-4-2-10(3-5-11)15-12(13(16)14(15)17)9-6-7-19-8-9/h2-8,12H,1H3. The minimum absolute atomic E-state index is 0.353. The summed E-state index contributed by atoms with van der Waals surface area (Å²) in [6.45, 7) is 0. The van der Waals surface area contributed by atoms with E-state index in [1.165, 1.54) is 16.2 Å². The van der Waals surface area contributed by atoms with Crippen LogP contribution in [-0.4, -0.2) is 18.8 Å². The Kier molecular flexibility index (Phi) is 2.83. The van der Waals surface area contributed by atoms with Gasteiger partial charge < -0.3 is 4.74 Å². The lowest BCUT2D eigenvalue weighted by molar-refractivity contribution is -0.143. The van der Waals surface area contributed by atoms with Gasteiger partial charge in [-0.05, 0) is 46.7 Å². The van der Waals surface area contributed by atoms with Crippen molar-refractivity contribution < 1.29 is 14.3 Å². The molecule has 1 aromatic carbocycles. The molecule has 0 bridgehead atoms. The second-order valence-electron chi connectivity index (χ2n) is 4.20. The third kappa shape index (κ3) is 1.82. The third-order valence-corrected chi connectivity index (χ3v) is 3.85. The molecule has 5 heteroatoms. The van der Waals surface area contributed by atoms with Gasteiger partial charge >= 0.3 is 0 Å². The predicted octanol–water partition coefficient (Wildman–Crippen LogP) is 2.41. The van der Waals surface area contributed by atoms with Crippen molar-refractivity contribution in [1.82, 2.24) is 0 Å². The number of Topliss-reactive ketones (excluding diaryl/α,β-unsaturated/α-hetero) is 1. The number of anilines is 1. The van der Waals surface area contributed by atoms with Gasteiger partial charge in [0.05, 0.1) is 7.11 Å². The maximum atomic E-state index is 11.8. The number of carbonyl (C=O) groups excluding carboxylic acids is 2. The van der Waals surface area contributed by atoms with Crippen LogP contribution < -0.4 is 9.64 Å². The molecule has 2 heterocycles. The van der Waals surface area contributed by atoms with E-state index in [0.717, 1.165) is 11.3 Å². The zero-order valence-corrected chi connectivity index (χ0v) is 11.0. The van der Waals surface area contributed by atoms with Crippen LogP contribution in [0.15, 0.2) is 41.1 Å². The topological polar surface area (TPSA) is 46.6 Å². The Balaban J connectivity index is 1.94. The van der Waals surface area contributed by atoms with Gasteiger partial charge in [-0.25, -0.2) is 0 Å². The summed E-state index contributed by atoms with van der Waals surface area (Å²) in [6, 6.07) is 8.50. The van der Waals surface area contributed by atoms with E-state index in [0.29, 0.717) is 5.69 Å². The first-order valence-electron chi connectivity index (χ1n) is 5.76. The molecule has 0 radical (unpaired) electrons. The number of ether oxygens (including phenoxy) is 1. The van der Waals surface area contributed by atoms with Crippen molar-refractivity contribution in [3.05, 3.63) is 46.7 Å². The first-order chi connectivity index (χ1) is 9.22. The lowest BCUT2D eigenvalue weighted by Gasteiger charge is -2.38. The van der Waals surface area contributed by atoms with Gasteiger partial charge in [0.1, 0.15) is 11.8 Å². The molecule has 0 saturated carbocycles. The molecule has 0 aliphatic carbocycles. The van der Waals surface area contributed by atoms with E-state index in [-0.39, 0.29) is 5.78 Å². The van der Waals surface area contributed by atoms with Crippen LogP contribution in [0.5, 0.6) is 5.75 Å². The van der Waals surface area contributed by atoms with Crippen LogP contribution in [0.4, 0.5) is 5.69 Å². The number of hydrogen-bond acceptors (Lipinski definition) is 4. The van der Waals surface area contributed by atoms with Crippen molar-refractivity contribution >= 4 is 28.7 Å². The van der Waals surface area contributed by atoms with Crippen molar-refractivity contribution in [2.75, 3.05) is 12.0 Å². The van der Waals surface area contributed by atoms with Gasteiger partial charge in [-0.3, -0.25) is 14.5 Å². The SMILES string of the molecule is COc1ccc(N2C(=O)C(=O)C2c2ccsc2)cc1. The molecule has 2 aromatic rings. The lowest BCUT2D eigenvalue weighted by Crippen LogP contribution is -2.55. The zero-order chi connectivity index (χ0) is 13.4. The van der Waals surface area contributed by atoms with Crippen LogP contribution >= 0.6 is 11.3 Å². The normalized spacial score (nSPS) is 18.4. The molecule has 0 spiro atoms. The van der Waals surface area contributed by atoms with Gasteiger partial charge in [0, 0.05) is 5.69 Å². The van der Waals surface area contributed by atoms with Gasteiger partial charge in [0.2, 0.25) is 5.78 Å². The average molecular weight is 273 g/mol. The Bertz CT molecular complexity index is 619. The van der Waals surface area contributed by atoms with E-state index in [1.807, 2.05) is 16.8 Å². The van der Waals surface area contributed by atoms with Crippen molar-refractivity contribution in [1.29, 1.82) is 0 Å². The number of rotatable bonds is 3. The molecular weight excluding hydrogens is 262 g/mol. The van der Waals surface area contributed by atoms with Crippen LogP contribution in [0.25, 0.3) is 0 Å². The van der Waals surface area contributed by atoms with Crippen molar-refractivity contribution in [2.24, 2.45) is 0 Å². The summed E-state index contributed by atoms with van der Waals surface area (Å²) in [5, 5.41) is 3.79. The summed E-state index contributed by atoms with van der Waals surface area (Å²) in [7, 11) is 1.58. The quantitative estimate of drug-likeness (QED) is 0.637. The highest BCUT2D eigenvalue weighted by Gasteiger charge is 2.48. The Labute approximate surface area is 114 Å². The third-order valence-electron chi connectivity index (χ3n) is 3.15. The highest BCUT2D eigenvalue weighted by Crippen LogP contribution is 2.37. The van der Waals surface area contributed by atoms with Gasteiger partial charge in [0.25, 0.3) is 5.91 Å². The van der Waals surface area contributed by atoms with E-state index in [9.17, 15) is 9.59 Å². The molecule has 1 aromatic heterocycles. The molecule has 4 nitrogen and oxygen atoms in total. The van der Waals surface area contributed by atoms with Gasteiger partial charge in [0.15, 0.2) is 0 Å². The summed E-state index contributed by atoms with van der Waals surface area (Å²) in [6.07, 6.45) is 0. The van der Waals surface area contributed by atoms with Crippen LogP contribution in [0.1, 0.15) is 11.6 Å². The second-order valence-corrected chi connectivity index (χ2v) is 4.98. The van der Waals surface area contributed by atoms with Gasteiger partial charge in [-0.15, -0.1) is 0 Å². The fourth-order valence-corrected chi connectivity index (χ4v) is 2.82. The Morgan fingerprint density at radius 2 is 1.89 bits per heavy atom. The molecule has 1 saturated heterocycles. The van der Waals surface area contributed by atoms with E-state index < -0.39 is 11.9 Å². The highest BCUT2D eigenvalue weighted by atomic mass is 32.1. The molecule has 1 aliphatic heterocycles. The first kappa shape index (κ1) is 11.9. The molecule has 1 aliphatic rings. The van der Waals surface area contributed by atoms with Crippen molar-refractivity contribution in [2.45, 2.75) is 6.04 Å². The number of ketones is 1. The van der Waals surface area contributed by atoms with Crippen LogP contribution in [0.2, 0.25) is 0 Å². The van der Waals surface area contributed by atoms with E-state index in [1.54, 1.807) is 31.4 Å². The number of methoxy groups -OCH3 is 1. The van der Waals surface area contributed by atoms with Crippen LogP contribution in [0.3, 0.4) is 0 Å². The van der Waals surface area contributed by atoms with Crippen molar-refractivity contribution in [3.8, 4) is 5.75 Å². The molecule has 19 heavy (non-hydrogen) atoms. The number of carbonyl (C=O) groups is 2. The number of β-lactam (4-membered cyclic amide) rings is 1. The maximum absolute atomic E-state index is 11.8.